The summed E-state index contributed by atoms with van der Waals surface area (Å²) < 4.78 is 0. The number of aliphatic carboxylic acids is 1. The quantitative estimate of drug-likeness (QED) is 0.874. The fraction of sp³-hybridized carbons (Fsp3) is 0.111. The number of amides is 2. The van der Waals surface area contributed by atoms with Crippen LogP contribution in [0.25, 0.3) is 0 Å². The van der Waals surface area contributed by atoms with E-state index in [1.54, 1.807) is 0 Å². The molecule has 0 aliphatic heterocycles. The number of urea groups is 1. The minimum atomic E-state index is -1.19. The molecule has 0 aliphatic rings. The molecule has 86 valence electrons. The predicted octanol–water partition coefficient (Wildman–Crippen LogP) is 1.96. The van der Waals surface area contributed by atoms with Crippen molar-refractivity contribution in [1.82, 2.24) is 0 Å². The molecule has 3 N–H and O–H groups in total. The Morgan fingerprint density at radius 1 is 1.38 bits per heavy atom. The van der Waals surface area contributed by atoms with Gasteiger partial charge < -0.3 is 10.8 Å². The van der Waals surface area contributed by atoms with Crippen molar-refractivity contribution in [1.29, 1.82) is 0 Å². The molecule has 0 bridgehead atoms. The number of carboxylic acid groups (broad SMARTS) is 1. The van der Waals surface area contributed by atoms with Crippen molar-refractivity contribution >= 4 is 40.9 Å². The molecule has 0 atom stereocenters. The summed E-state index contributed by atoms with van der Waals surface area (Å²) in [7, 11) is 0. The molecule has 1 aromatic rings. The second-order valence-electron chi connectivity index (χ2n) is 2.91. The van der Waals surface area contributed by atoms with Gasteiger partial charge in [-0.3, -0.25) is 9.69 Å². The van der Waals surface area contributed by atoms with E-state index in [-0.39, 0.29) is 10.7 Å². The van der Waals surface area contributed by atoms with Crippen molar-refractivity contribution in [3.63, 3.8) is 0 Å². The molecular formula is C9H8Cl2N2O3. The number of rotatable bonds is 3. The van der Waals surface area contributed by atoms with Gasteiger partial charge in [0, 0.05) is 5.02 Å². The van der Waals surface area contributed by atoms with Crippen LogP contribution in [0.15, 0.2) is 18.2 Å². The van der Waals surface area contributed by atoms with Crippen LogP contribution >= 0.6 is 23.2 Å². The highest BCUT2D eigenvalue weighted by atomic mass is 35.5. The van der Waals surface area contributed by atoms with Gasteiger partial charge in [-0.05, 0) is 18.2 Å². The van der Waals surface area contributed by atoms with Crippen molar-refractivity contribution in [2.75, 3.05) is 11.4 Å². The van der Waals surface area contributed by atoms with Crippen LogP contribution in [0.5, 0.6) is 0 Å². The lowest BCUT2D eigenvalue weighted by Gasteiger charge is -2.19. The first-order valence-corrected chi connectivity index (χ1v) is 4.91. The number of hydrogen-bond donors (Lipinski definition) is 2. The number of carbonyl (C=O) groups excluding carboxylic acids is 1. The highest BCUT2D eigenvalue weighted by Gasteiger charge is 2.18. The molecule has 0 saturated carbocycles. The van der Waals surface area contributed by atoms with Crippen LogP contribution in [0.2, 0.25) is 10.0 Å². The van der Waals surface area contributed by atoms with Gasteiger partial charge >= 0.3 is 12.0 Å². The number of hydrogen-bond acceptors (Lipinski definition) is 2. The largest absolute Gasteiger partial charge is 0.480 e. The zero-order valence-electron chi connectivity index (χ0n) is 7.98. The van der Waals surface area contributed by atoms with Gasteiger partial charge in [-0.25, -0.2) is 4.79 Å². The maximum atomic E-state index is 11.1. The Labute approximate surface area is 101 Å². The van der Waals surface area contributed by atoms with Gasteiger partial charge in [-0.1, -0.05) is 23.2 Å². The zero-order valence-corrected chi connectivity index (χ0v) is 9.50. The highest BCUT2D eigenvalue weighted by Crippen LogP contribution is 2.28. The van der Waals surface area contributed by atoms with Crippen LogP contribution in [0, 0.1) is 0 Å². The minimum absolute atomic E-state index is 0.160. The Kier molecular flexibility index (Phi) is 3.98. The lowest BCUT2D eigenvalue weighted by Crippen LogP contribution is -2.39. The second kappa shape index (κ2) is 5.05. The maximum absolute atomic E-state index is 11.1. The van der Waals surface area contributed by atoms with Crippen LogP contribution in [0.4, 0.5) is 10.5 Å². The van der Waals surface area contributed by atoms with Gasteiger partial charge in [-0.2, -0.15) is 0 Å². The van der Waals surface area contributed by atoms with Crippen molar-refractivity contribution < 1.29 is 14.7 Å². The van der Waals surface area contributed by atoms with Crippen LogP contribution in [-0.4, -0.2) is 23.7 Å². The first-order chi connectivity index (χ1) is 7.41. The molecule has 0 unspecified atom stereocenters. The highest BCUT2D eigenvalue weighted by molar-refractivity contribution is 6.36. The monoisotopic (exact) mass is 262 g/mol. The Hall–Kier alpha value is -1.46. The Morgan fingerprint density at radius 2 is 2.00 bits per heavy atom. The molecule has 1 rings (SSSR count). The van der Waals surface area contributed by atoms with Gasteiger partial charge in [0.15, 0.2) is 0 Å². The normalized spacial score (nSPS) is 9.88. The van der Waals surface area contributed by atoms with E-state index in [1.807, 2.05) is 0 Å². The van der Waals surface area contributed by atoms with Gasteiger partial charge in [0.25, 0.3) is 0 Å². The third kappa shape index (κ3) is 3.01. The lowest BCUT2D eigenvalue weighted by atomic mass is 10.3. The van der Waals surface area contributed by atoms with Gasteiger partial charge in [0.05, 0.1) is 10.7 Å². The molecule has 1 aromatic carbocycles. The molecule has 0 radical (unpaired) electrons. The average Bonchev–Trinajstić information content (AvgIpc) is 2.14. The van der Waals surface area contributed by atoms with E-state index in [0.717, 1.165) is 4.90 Å². The molecule has 16 heavy (non-hydrogen) atoms. The minimum Gasteiger partial charge on any atom is -0.480 e. The number of nitrogens with zero attached hydrogens (tertiary/aromatic N) is 1. The number of carbonyl (C=O) groups is 2. The molecular weight excluding hydrogens is 255 g/mol. The second-order valence-corrected chi connectivity index (χ2v) is 3.76. The molecule has 5 nitrogen and oxygen atoms in total. The summed E-state index contributed by atoms with van der Waals surface area (Å²) >= 11 is 11.5. The summed E-state index contributed by atoms with van der Waals surface area (Å²) in [6.07, 6.45) is 0. The van der Waals surface area contributed by atoms with E-state index in [2.05, 4.69) is 0 Å². The predicted molar refractivity (Wildman–Crippen MR) is 61.0 cm³/mol. The summed E-state index contributed by atoms with van der Waals surface area (Å²) in [5, 5.41) is 9.16. The summed E-state index contributed by atoms with van der Waals surface area (Å²) in [4.78, 5) is 22.5. The molecule has 0 saturated heterocycles. The summed E-state index contributed by atoms with van der Waals surface area (Å²) in [6, 6.07) is 3.42. The SMILES string of the molecule is NC(=O)N(CC(=O)O)c1ccc(Cl)cc1Cl. The van der Waals surface area contributed by atoms with Gasteiger partial charge in [0.2, 0.25) is 0 Å². The van der Waals surface area contributed by atoms with E-state index in [4.69, 9.17) is 34.0 Å². The molecule has 0 aromatic heterocycles. The van der Waals surface area contributed by atoms with E-state index < -0.39 is 18.5 Å². The molecule has 0 aliphatic carbocycles. The van der Waals surface area contributed by atoms with E-state index in [0.29, 0.717) is 5.02 Å². The molecule has 7 heteroatoms. The van der Waals surface area contributed by atoms with Crippen LogP contribution in [0.1, 0.15) is 0 Å². The van der Waals surface area contributed by atoms with Gasteiger partial charge in [-0.15, -0.1) is 0 Å². The first-order valence-electron chi connectivity index (χ1n) is 4.15. The number of carboxylic acids is 1. The zero-order chi connectivity index (χ0) is 12.3. The van der Waals surface area contributed by atoms with Crippen molar-refractivity contribution in [2.24, 2.45) is 5.73 Å². The maximum Gasteiger partial charge on any atom is 0.323 e. The third-order valence-electron chi connectivity index (χ3n) is 1.76. The number of nitrogens with two attached hydrogens (primary N) is 1. The third-order valence-corrected chi connectivity index (χ3v) is 2.30. The number of primary amides is 1. The van der Waals surface area contributed by atoms with Crippen molar-refractivity contribution in [2.45, 2.75) is 0 Å². The van der Waals surface area contributed by atoms with Crippen LogP contribution in [0.3, 0.4) is 0 Å². The molecule has 0 heterocycles. The summed E-state index contributed by atoms with van der Waals surface area (Å²) in [5.74, 6) is -1.19. The average molecular weight is 263 g/mol. The standard InChI is InChI=1S/C9H8Cl2N2O3/c10-5-1-2-7(6(11)3-5)13(9(12)16)4-8(14)15/h1-3H,4H2,(H2,12,16)(H,14,15). The van der Waals surface area contributed by atoms with E-state index >= 15 is 0 Å². The fourth-order valence-corrected chi connectivity index (χ4v) is 1.63. The van der Waals surface area contributed by atoms with Crippen LogP contribution < -0.4 is 10.6 Å². The van der Waals surface area contributed by atoms with Crippen molar-refractivity contribution in [3.05, 3.63) is 28.2 Å². The summed E-state index contributed by atoms with van der Waals surface area (Å²) in [6.45, 7) is -0.559. The van der Waals surface area contributed by atoms with E-state index in [9.17, 15) is 9.59 Å². The Morgan fingerprint density at radius 3 is 2.44 bits per heavy atom. The van der Waals surface area contributed by atoms with Crippen molar-refractivity contribution in [3.8, 4) is 0 Å². The lowest BCUT2D eigenvalue weighted by molar-refractivity contribution is -0.135. The molecule has 0 spiro atoms. The summed E-state index contributed by atoms with van der Waals surface area (Å²) in [5.41, 5.74) is 5.27. The number of halogens is 2. The van der Waals surface area contributed by atoms with Gasteiger partial charge in [0.1, 0.15) is 6.54 Å². The molecule has 0 fully saturated rings. The van der Waals surface area contributed by atoms with Crippen LogP contribution in [-0.2, 0) is 4.79 Å². The first kappa shape index (κ1) is 12.6. The number of anilines is 1. The Balaban J connectivity index is 3.10. The smallest absolute Gasteiger partial charge is 0.323 e. The fourth-order valence-electron chi connectivity index (χ4n) is 1.12. The number of benzene rings is 1. The Bertz CT molecular complexity index is 437. The molecule has 2 amide bonds. The topological polar surface area (TPSA) is 83.6 Å². The van der Waals surface area contributed by atoms with E-state index in [1.165, 1.54) is 18.2 Å².